The fourth-order valence-corrected chi connectivity index (χ4v) is 4.41. The number of hydrogen-bond acceptors (Lipinski definition) is 0. The maximum absolute atomic E-state index is 6.37. The molecule has 0 nitrogen and oxygen atoms in total. The van der Waals surface area contributed by atoms with E-state index < -0.39 is 0 Å². The van der Waals surface area contributed by atoms with Gasteiger partial charge >= 0.3 is 0 Å². The molecule has 0 amide bonds. The van der Waals surface area contributed by atoms with Crippen LogP contribution in [0.15, 0.2) is 97.1 Å². The van der Waals surface area contributed by atoms with Crippen LogP contribution < -0.4 is 0 Å². The van der Waals surface area contributed by atoms with Gasteiger partial charge in [-0.05, 0) is 68.8 Å². The van der Waals surface area contributed by atoms with Crippen LogP contribution in [0.1, 0.15) is 22.3 Å². The highest BCUT2D eigenvalue weighted by molar-refractivity contribution is 6.31. The van der Waals surface area contributed by atoms with E-state index in [1.165, 1.54) is 27.8 Å². The van der Waals surface area contributed by atoms with Crippen LogP contribution in [-0.2, 0) is 0 Å². The molecule has 28 heavy (non-hydrogen) atoms. The van der Waals surface area contributed by atoms with Gasteiger partial charge in [-0.1, -0.05) is 96.0 Å². The predicted octanol–water partition coefficient (Wildman–Crippen LogP) is 7.98. The SMILES string of the molecule is Clc1cccc(C(=C2c3ccccc3-c3ccccc32)c2cccc(Cl)c2)c1. The Morgan fingerprint density at radius 3 is 1.32 bits per heavy atom. The zero-order valence-corrected chi connectivity index (χ0v) is 16.5. The van der Waals surface area contributed by atoms with E-state index in [-0.39, 0.29) is 0 Å². The Balaban J connectivity index is 1.93. The summed E-state index contributed by atoms with van der Waals surface area (Å²) in [7, 11) is 0. The third-order valence-electron chi connectivity index (χ3n) is 5.16. The zero-order valence-electron chi connectivity index (χ0n) is 15.0. The number of rotatable bonds is 2. The van der Waals surface area contributed by atoms with Crippen molar-refractivity contribution in [1.82, 2.24) is 0 Å². The summed E-state index contributed by atoms with van der Waals surface area (Å²) in [5.74, 6) is 0. The van der Waals surface area contributed by atoms with Crippen LogP contribution in [0.2, 0.25) is 10.0 Å². The van der Waals surface area contributed by atoms with Crippen molar-refractivity contribution in [2.75, 3.05) is 0 Å². The molecule has 5 rings (SSSR count). The molecule has 0 aliphatic heterocycles. The van der Waals surface area contributed by atoms with Crippen molar-refractivity contribution in [3.8, 4) is 11.1 Å². The molecule has 0 radical (unpaired) electrons. The van der Waals surface area contributed by atoms with E-state index in [0.29, 0.717) is 0 Å². The fourth-order valence-electron chi connectivity index (χ4n) is 4.03. The lowest BCUT2D eigenvalue weighted by Crippen LogP contribution is -1.95. The smallest absolute Gasteiger partial charge is 0.0412 e. The van der Waals surface area contributed by atoms with E-state index in [0.717, 1.165) is 26.7 Å². The lowest BCUT2D eigenvalue weighted by molar-refractivity contribution is 1.53. The normalized spacial score (nSPS) is 11.9. The first-order chi connectivity index (χ1) is 13.7. The summed E-state index contributed by atoms with van der Waals surface area (Å²) in [6, 6.07) is 33.2. The van der Waals surface area contributed by atoms with Crippen molar-refractivity contribution in [3.05, 3.63) is 129 Å². The molecule has 0 bridgehead atoms. The van der Waals surface area contributed by atoms with Crippen LogP contribution in [0, 0.1) is 0 Å². The van der Waals surface area contributed by atoms with Crippen molar-refractivity contribution in [2.24, 2.45) is 0 Å². The molecule has 0 N–H and O–H groups in total. The summed E-state index contributed by atoms with van der Waals surface area (Å²) < 4.78 is 0. The Morgan fingerprint density at radius 1 is 0.464 bits per heavy atom. The molecule has 2 heteroatoms. The Hall–Kier alpha value is -2.80. The molecule has 0 atom stereocenters. The van der Waals surface area contributed by atoms with Crippen molar-refractivity contribution in [1.29, 1.82) is 0 Å². The molecule has 0 saturated heterocycles. The van der Waals surface area contributed by atoms with Gasteiger partial charge in [0.25, 0.3) is 0 Å². The van der Waals surface area contributed by atoms with E-state index >= 15 is 0 Å². The fraction of sp³-hybridized carbons (Fsp3) is 0. The van der Waals surface area contributed by atoms with E-state index in [1.807, 2.05) is 36.4 Å². The minimum atomic E-state index is 0.720. The van der Waals surface area contributed by atoms with Gasteiger partial charge in [-0.2, -0.15) is 0 Å². The molecule has 4 aromatic rings. The Bertz CT molecular complexity index is 1140. The van der Waals surface area contributed by atoms with Crippen LogP contribution in [0.5, 0.6) is 0 Å². The molecule has 0 unspecified atom stereocenters. The molecule has 1 aliphatic rings. The van der Waals surface area contributed by atoms with E-state index in [1.54, 1.807) is 0 Å². The summed E-state index contributed by atoms with van der Waals surface area (Å²) in [4.78, 5) is 0. The summed E-state index contributed by atoms with van der Waals surface area (Å²) in [5.41, 5.74) is 9.51. The van der Waals surface area contributed by atoms with Crippen molar-refractivity contribution in [2.45, 2.75) is 0 Å². The summed E-state index contributed by atoms with van der Waals surface area (Å²) in [6.07, 6.45) is 0. The number of halogens is 2. The molecular formula is C26H16Cl2. The second-order valence-corrected chi connectivity index (χ2v) is 7.73. The van der Waals surface area contributed by atoms with E-state index in [4.69, 9.17) is 23.2 Å². The van der Waals surface area contributed by atoms with Crippen molar-refractivity contribution in [3.63, 3.8) is 0 Å². The molecule has 134 valence electrons. The van der Waals surface area contributed by atoms with Gasteiger partial charge in [0.1, 0.15) is 0 Å². The largest absolute Gasteiger partial charge is 0.0843 e. The average Bonchev–Trinajstić information content (AvgIpc) is 3.03. The topological polar surface area (TPSA) is 0 Å². The average molecular weight is 399 g/mol. The van der Waals surface area contributed by atoms with Gasteiger partial charge in [0.15, 0.2) is 0 Å². The third-order valence-corrected chi connectivity index (χ3v) is 5.63. The Morgan fingerprint density at radius 2 is 0.893 bits per heavy atom. The molecule has 0 spiro atoms. The van der Waals surface area contributed by atoms with Gasteiger partial charge in [0.2, 0.25) is 0 Å². The molecule has 0 fully saturated rings. The second kappa shape index (κ2) is 6.98. The monoisotopic (exact) mass is 398 g/mol. The van der Waals surface area contributed by atoms with E-state index in [2.05, 4.69) is 60.7 Å². The maximum Gasteiger partial charge on any atom is 0.0412 e. The molecule has 4 aromatic carbocycles. The predicted molar refractivity (Wildman–Crippen MR) is 120 cm³/mol. The molecule has 1 aliphatic carbocycles. The Labute approximate surface area is 174 Å². The number of benzene rings is 4. The highest BCUT2D eigenvalue weighted by Gasteiger charge is 2.26. The quantitative estimate of drug-likeness (QED) is 0.282. The molecule has 0 saturated carbocycles. The van der Waals surface area contributed by atoms with Crippen molar-refractivity contribution < 1.29 is 0 Å². The highest BCUT2D eigenvalue weighted by atomic mass is 35.5. The zero-order chi connectivity index (χ0) is 19.1. The van der Waals surface area contributed by atoms with Crippen LogP contribution in [0.25, 0.3) is 22.3 Å². The van der Waals surface area contributed by atoms with E-state index in [9.17, 15) is 0 Å². The highest BCUT2D eigenvalue weighted by Crippen LogP contribution is 2.48. The minimum Gasteiger partial charge on any atom is -0.0843 e. The minimum absolute atomic E-state index is 0.720. The lowest BCUT2D eigenvalue weighted by Gasteiger charge is -2.15. The first-order valence-electron chi connectivity index (χ1n) is 9.18. The summed E-state index contributed by atoms with van der Waals surface area (Å²) in [5, 5.41) is 1.44. The lowest BCUT2D eigenvalue weighted by atomic mass is 9.88. The van der Waals surface area contributed by atoms with Crippen LogP contribution in [0.4, 0.5) is 0 Å². The number of fused-ring (bicyclic) bond motifs is 3. The van der Waals surface area contributed by atoms with Gasteiger partial charge in [0.05, 0.1) is 0 Å². The van der Waals surface area contributed by atoms with Gasteiger partial charge in [-0.15, -0.1) is 0 Å². The third kappa shape index (κ3) is 2.86. The first-order valence-corrected chi connectivity index (χ1v) is 9.93. The molecule has 0 aromatic heterocycles. The Kier molecular flexibility index (Phi) is 4.31. The molecular weight excluding hydrogens is 383 g/mol. The summed E-state index contributed by atoms with van der Waals surface area (Å²) in [6.45, 7) is 0. The first kappa shape index (κ1) is 17.3. The van der Waals surface area contributed by atoms with Crippen molar-refractivity contribution >= 4 is 34.3 Å². The number of hydrogen-bond donors (Lipinski definition) is 0. The standard InChI is InChI=1S/C26H16Cl2/c27-19-9-5-7-17(15-19)25(18-8-6-10-20(28)16-18)26-23-13-3-1-11-21(23)22-12-2-4-14-24(22)26/h1-16H. The van der Waals surface area contributed by atoms with Gasteiger partial charge in [0, 0.05) is 10.0 Å². The van der Waals surface area contributed by atoms with Crippen LogP contribution in [-0.4, -0.2) is 0 Å². The van der Waals surface area contributed by atoms with Gasteiger partial charge in [-0.25, -0.2) is 0 Å². The molecule has 0 heterocycles. The maximum atomic E-state index is 6.37. The summed E-state index contributed by atoms with van der Waals surface area (Å²) >= 11 is 12.7. The second-order valence-electron chi connectivity index (χ2n) is 6.86. The van der Waals surface area contributed by atoms with Gasteiger partial charge < -0.3 is 0 Å². The van der Waals surface area contributed by atoms with Gasteiger partial charge in [-0.3, -0.25) is 0 Å². The van der Waals surface area contributed by atoms with Crippen LogP contribution >= 0.6 is 23.2 Å². The van der Waals surface area contributed by atoms with Crippen LogP contribution in [0.3, 0.4) is 0 Å².